The van der Waals surface area contributed by atoms with E-state index in [-0.39, 0.29) is 42.9 Å². The number of benzene rings is 1. The average Bonchev–Trinajstić information content (AvgIpc) is 2.56. The summed E-state index contributed by atoms with van der Waals surface area (Å²) >= 11 is 0. The van der Waals surface area contributed by atoms with Crippen molar-refractivity contribution in [2.75, 3.05) is 20.7 Å². The Kier molecular flexibility index (Phi) is 9.74. The molecule has 0 aliphatic heterocycles. The van der Waals surface area contributed by atoms with Gasteiger partial charge in [-0.2, -0.15) is 8.78 Å². The number of hydrogen-bond donors (Lipinski definition) is 1. The van der Waals surface area contributed by atoms with E-state index in [1.54, 1.807) is 24.1 Å². The molecule has 1 amide bonds. The highest BCUT2D eigenvalue weighted by Gasteiger charge is 2.35. The van der Waals surface area contributed by atoms with Crippen molar-refractivity contribution < 1.29 is 23.0 Å². The second-order valence-electron chi connectivity index (χ2n) is 5.72. The summed E-state index contributed by atoms with van der Waals surface area (Å²) in [6.07, 6.45) is 1.29. The summed E-state index contributed by atoms with van der Waals surface area (Å²) in [4.78, 5) is 14.3. The predicted molar refractivity (Wildman–Crippen MR) is 95.4 cm³/mol. The molecule has 0 spiro atoms. The van der Waals surface area contributed by atoms with Gasteiger partial charge >= 0.3 is 6.61 Å². The van der Waals surface area contributed by atoms with Gasteiger partial charge in [-0.1, -0.05) is 19.9 Å². The summed E-state index contributed by atoms with van der Waals surface area (Å²) in [5, 5.41) is 0. The Bertz CT molecular complexity index is 546. The molecule has 0 heterocycles. The highest BCUT2D eigenvalue weighted by Crippen LogP contribution is 2.31. The lowest BCUT2D eigenvalue weighted by Crippen LogP contribution is -2.45. The molecule has 0 unspecified atom stereocenters. The SMILES string of the molecule is CCC(CC)(CN)C(=O)N(C)Cc1ccc(OC)c(OC(F)F)c1.Cl. The van der Waals surface area contributed by atoms with Crippen molar-refractivity contribution in [3.8, 4) is 11.5 Å². The number of carbonyl (C=O) groups excluding carboxylic acids is 1. The zero-order valence-electron chi connectivity index (χ0n) is 15.1. The van der Waals surface area contributed by atoms with Crippen molar-refractivity contribution >= 4 is 18.3 Å². The van der Waals surface area contributed by atoms with E-state index in [1.165, 1.54) is 13.2 Å². The lowest BCUT2D eigenvalue weighted by Gasteiger charge is -2.33. The van der Waals surface area contributed by atoms with E-state index in [1.807, 2.05) is 13.8 Å². The molecule has 1 rings (SSSR count). The number of amides is 1. The van der Waals surface area contributed by atoms with Crippen molar-refractivity contribution in [2.24, 2.45) is 11.1 Å². The Balaban J connectivity index is 0.00000576. The first-order chi connectivity index (χ1) is 11.3. The van der Waals surface area contributed by atoms with Crippen LogP contribution in [0.3, 0.4) is 0 Å². The maximum absolute atomic E-state index is 12.7. The van der Waals surface area contributed by atoms with Crippen LogP contribution in [0.2, 0.25) is 0 Å². The molecule has 0 saturated carbocycles. The molecule has 0 bridgehead atoms. The third kappa shape index (κ3) is 5.71. The van der Waals surface area contributed by atoms with Crippen LogP contribution < -0.4 is 15.2 Å². The summed E-state index contributed by atoms with van der Waals surface area (Å²) in [7, 11) is 3.05. The van der Waals surface area contributed by atoms with Gasteiger partial charge < -0.3 is 20.1 Å². The fourth-order valence-electron chi connectivity index (χ4n) is 2.69. The van der Waals surface area contributed by atoms with Crippen LogP contribution in [0, 0.1) is 5.41 Å². The smallest absolute Gasteiger partial charge is 0.387 e. The third-order valence-electron chi connectivity index (χ3n) is 4.41. The number of nitrogens with zero attached hydrogens (tertiary/aromatic N) is 1. The van der Waals surface area contributed by atoms with E-state index >= 15 is 0 Å². The minimum Gasteiger partial charge on any atom is -0.493 e. The van der Waals surface area contributed by atoms with Crippen LogP contribution in [0.1, 0.15) is 32.3 Å². The molecule has 8 heteroatoms. The number of rotatable bonds is 9. The first-order valence-electron chi connectivity index (χ1n) is 7.90. The van der Waals surface area contributed by atoms with E-state index in [2.05, 4.69) is 4.74 Å². The molecular formula is C17H27ClF2N2O3. The summed E-state index contributed by atoms with van der Waals surface area (Å²) in [5.41, 5.74) is 5.88. The molecule has 0 aliphatic rings. The molecule has 0 radical (unpaired) electrons. The van der Waals surface area contributed by atoms with E-state index in [0.29, 0.717) is 18.4 Å². The number of alkyl halides is 2. The monoisotopic (exact) mass is 380 g/mol. The van der Waals surface area contributed by atoms with Crippen LogP contribution in [-0.4, -0.2) is 38.1 Å². The van der Waals surface area contributed by atoms with Crippen molar-refractivity contribution in [3.05, 3.63) is 23.8 Å². The molecule has 0 atom stereocenters. The largest absolute Gasteiger partial charge is 0.493 e. The van der Waals surface area contributed by atoms with Crippen LogP contribution in [0.25, 0.3) is 0 Å². The van der Waals surface area contributed by atoms with Crippen LogP contribution in [-0.2, 0) is 11.3 Å². The molecular weight excluding hydrogens is 354 g/mol. The van der Waals surface area contributed by atoms with Crippen LogP contribution in [0.5, 0.6) is 11.5 Å². The first kappa shape index (κ1) is 23.4. The highest BCUT2D eigenvalue weighted by atomic mass is 35.5. The maximum atomic E-state index is 12.7. The molecule has 25 heavy (non-hydrogen) atoms. The summed E-state index contributed by atoms with van der Waals surface area (Å²) < 4.78 is 34.5. The number of halogens is 3. The van der Waals surface area contributed by atoms with Crippen molar-refractivity contribution in [2.45, 2.75) is 39.8 Å². The normalized spacial score (nSPS) is 11.0. The number of carbonyl (C=O) groups is 1. The Morgan fingerprint density at radius 2 is 1.88 bits per heavy atom. The van der Waals surface area contributed by atoms with Crippen LogP contribution in [0.4, 0.5) is 8.78 Å². The molecule has 5 nitrogen and oxygen atoms in total. The fourth-order valence-corrected chi connectivity index (χ4v) is 2.69. The van der Waals surface area contributed by atoms with Gasteiger partial charge in [0, 0.05) is 20.1 Å². The number of methoxy groups -OCH3 is 1. The number of nitrogens with two attached hydrogens (primary N) is 1. The van der Waals surface area contributed by atoms with Gasteiger partial charge in [0.2, 0.25) is 5.91 Å². The van der Waals surface area contributed by atoms with Crippen LogP contribution >= 0.6 is 12.4 Å². The van der Waals surface area contributed by atoms with Gasteiger partial charge in [0.15, 0.2) is 11.5 Å². The Morgan fingerprint density at radius 1 is 1.28 bits per heavy atom. The lowest BCUT2D eigenvalue weighted by molar-refractivity contribution is -0.141. The standard InChI is InChI=1S/C17H26F2N2O3.ClH/c1-5-17(6-2,11-20)15(22)21(3)10-12-7-8-13(23-4)14(9-12)24-16(18)19;/h7-9,16H,5-6,10-11,20H2,1-4H3;1H. The molecule has 0 saturated heterocycles. The maximum Gasteiger partial charge on any atom is 0.387 e. The zero-order chi connectivity index (χ0) is 18.3. The molecule has 0 aromatic heterocycles. The molecule has 2 N–H and O–H groups in total. The molecule has 144 valence electrons. The first-order valence-corrected chi connectivity index (χ1v) is 7.90. The summed E-state index contributed by atoms with van der Waals surface area (Å²) in [6.45, 7) is 1.46. The van der Waals surface area contributed by atoms with Gasteiger partial charge in [-0.25, -0.2) is 0 Å². The minimum absolute atomic E-state index is 0. The van der Waals surface area contributed by atoms with E-state index in [4.69, 9.17) is 10.5 Å². The Morgan fingerprint density at radius 3 is 2.32 bits per heavy atom. The second kappa shape index (κ2) is 10.4. The van der Waals surface area contributed by atoms with Gasteiger partial charge in [-0.05, 0) is 30.5 Å². The summed E-state index contributed by atoms with van der Waals surface area (Å²) in [5.74, 6) is 0.107. The molecule has 1 aromatic carbocycles. The topological polar surface area (TPSA) is 64.8 Å². The molecule has 0 fully saturated rings. The van der Waals surface area contributed by atoms with Gasteiger partial charge in [0.05, 0.1) is 12.5 Å². The fraction of sp³-hybridized carbons (Fsp3) is 0.588. The number of hydrogen-bond acceptors (Lipinski definition) is 4. The van der Waals surface area contributed by atoms with E-state index < -0.39 is 12.0 Å². The van der Waals surface area contributed by atoms with E-state index in [0.717, 1.165) is 0 Å². The Hall–Kier alpha value is -1.60. The van der Waals surface area contributed by atoms with Gasteiger partial charge in [-0.3, -0.25) is 4.79 Å². The van der Waals surface area contributed by atoms with Gasteiger partial charge in [0.1, 0.15) is 0 Å². The molecule has 1 aromatic rings. The van der Waals surface area contributed by atoms with Gasteiger partial charge in [0.25, 0.3) is 0 Å². The van der Waals surface area contributed by atoms with Crippen molar-refractivity contribution in [3.63, 3.8) is 0 Å². The lowest BCUT2D eigenvalue weighted by atomic mass is 9.81. The zero-order valence-corrected chi connectivity index (χ0v) is 15.9. The van der Waals surface area contributed by atoms with Crippen LogP contribution in [0.15, 0.2) is 18.2 Å². The minimum atomic E-state index is -2.95. The summed E-state index contributed by atoms with van der Waals surface area (Å²) in [6, 6.07) is 4.71. The highest BCUT2D eigenvalue weighted by molar-refractivity contribution is 5.85. The van der Waals surface area contributed by atoms with E-state index in [9.17, 15) is 13.6 Å². The molecule has 0 aliphatic carbocycles. The third-order valence-corrected chi connectivity index (χ3v) is 4.41. The quantitative estimate of drug-likeness (QED) is 0.712. The average molecular weight is 381 g/mol. The van der Waals surface area contributed by atoms with Gasteiger partial charge in [-0.15, -0.1) is 12.4 Å². The Labute approximate surface area is 153 Å². The van der Waals surface area contributed by atoms with Crippen molar-refractivity contribution in [1.82, 2.24) is 4.90 Å². The predicted octanol–water partition coefficient (Wildman–Crippen LogP) is 3.44. The van der Waals surface area contributed by atoms with Crippen molar-refractivity contribution in [1.29, 1.82) is 0 Å². The second-order valence-corrected chi connectivity index (χ2v) is 5.72. The number of ether oxygens (including phenoxy) is 2.